The lowest BCUT2D eigenvalue weighted by Gasteiger charge is -2.33. The smallest absolute Gasteiger partial charge is 0.341 e. The molecule has 0 bridgehead atoms. The first-order chi connectivity index (χ1) is 8.88. The minimum absolute atomic E-state index is 0.115. The van der Waals surface area contributed by atoms with Crippen LogP contribution in [0.3, 0.4) is 0 Å². The fourth-order valence-electron chi connectivity index (χ4n) is 2.28. The monoisotopic (exact) mass is 274 g/mol. The molecule has 0 spiro atoms. The van der Waals surface area contributed by atoms with Crippen LogP contribution in [-0.2, 0) is 6.18 Å². The van der Waals surface area contributed by atoms with Crippen molar-refractivity contribution in [1.29, 1.82) is 0 Å². The van der Waals surface area contributed by atoms with Crippen molar-refractivity contribution in [2.75, 3.05) is 18.0 Å². The Morgan fingerprint density at radius 3 is 2.53 bits per heavy atom. The maximum atomic E-state index is 12.6. The second-order valence-electron chi connectivity index (χ2n) is 4.92. The number of rotatable bonds is 2. The molecular weight excluding hydrogens is 257 g/mol. The average Bonchev–Trinajstić information content (AvgIpc) is 2.38. The number of halogens is 3. The van der Waals surface area contributed by atoms with Gasteiger partial charge >= 0.3 is 6.18 Å². The molecule has 0 radical (unpaired) electrons. The summed E-state index contributed by atoms with van der Waals surface area (Å²) in [5.74, 6) is 0.569. The van der Waals surface area contributed by atoms with E-state index < -0.39 is 11.9 Å². The zero-order chi connectivity index (χ0) is 14.0. The maximum absolute atomic E-state index is 12.6. The minimum Gasteiger partial charge on any atom is -0.341 e. The van der Waals surface area contributed by atoms with Crippen molar-refractivity contribution in [2.24, 2.45) is 11.7 Å². The van der Waals surface area contributed by atoms with Crippen molar-refractivity contribution in [1.82, 2.24) is 9.97 Å². The summed E-state index contributed by atoms with van der Waals surface area (Å²) < 4.78 is 37.7. The molecule has 1 unspecified atom stereocenters. The molecule has 1 aromatic heterocycles. The Balaban J connectivity index is 2.08. The Kier molecular flexibility index (Phi) is 3.93. The molecule has 0 saturated carbocycles. The molecule has 1 aliphatic rings. The Hall–Kier alpha value is -1.37. The Bertz CT molecular complexity index is 425. The lowest BCUT2D eigenvalue weighted by atomic mass is 9.91. The molecule has 1 aromatic rings. The first-order valence-electron chi connectivity index (χ1n) is 6.28. The minimum atomic E-state index is -4.43. The lowest BCUT2D eigenvalue weighted by molar-refractivity contribution is -0.141. The SMILES string of the molecule is CC(N)C1CCN(c2nccc(C(F)(F)F)n2)CC1. The summed E-state index contributed by atoms with van der Waals surface area (Å²) in [6.07, 6.45) is -1.56. The summed E-state index contributed by atoms with van der Waals surface area (Å²) >= 11 is 0. The molecule has 2 N–H and O–H groups in total. The van der Waals surface area contributed by atoms with Crippen LogP contribution in [0.15, 0.2) is 12.3 Å². The summed E-state index contributed by atoms with van der Waals surface area (Å²) in [7, 11) is 0. The molecule has 0 aliphatic carbocycles. The quantitative estimate of drug-likeness (QED) is 0.897. The first kappa shape index (κ1) is 14.0. The number of nitrogens with zero attached hydrogens (tertiary/aromatic N) is 3. The molecule has 0 aromatic carbocycles. The number of hydrogen-bond acceptors (Lipinski definition) is 4. The van der Waals surface area contributed by atoms with Gasteiger partial charge in [0.25, 0.3) is 0 Å². The van der Waals surface area contributed by atoms with Crippen LogP contribution in [0.1, 0.15) is 25.5 Å². The van der Waals surface area contributed by atoms with Crippen LogP contribution in [-0.4, -0.2) is 29.1 Å². The lowest BCUT2D eigenvalue weighted by Crippen LogP contribution is -2.40. The first-order valence-corrected chi connectivity index (χ1v) is 6.28. The van der Waals surface area contributed by atoms with Crippen molar-refractivity contribution in [3.8, 4) is 0 Å². The molecule has 1 fully saturated rings. The Morgan fingerprint density at radius 2 is 2.00 bits per heavy atom. The van der Waals surface area contributed by atoms with Crippen LogP contribution < -0.4 is 10.6 Å². The number of alkyl halides is 3. The third-order valence-corrected chi connectivity index (χ3v) is 3.50. The van der Waals surface area contributed by atoms with Crippen molar-refractivity contribution in [2.45, 2.75) is 32.0 Å². The topological polar surface area (TPSA) is 55.0 Å². The fourth-order valence-corrected chi connectivity index (χ4v) is 2.28. The van der Waals surface area contributed by atoms with E-state index >= 15 is 0 Å². The number of piperidine rings is 1. The van der Waals surface area contributed by atoms with Gasteiger partial charge in [0.1, 0.15) is 5.69 Å². The van der Waals surface area contributed by atoms with Crippen LogP contribution in [0.2, 0.25) is 0 Å². The molecule has 2 rings (SSSR count). The Morgan fingerprint density at radius 1 is 1.37 bits per heavy atom. The van der Waals surface area contributed by atoms with E-state index in [0.717, 1.165) is 25.1 Å². The molecule has 19 heavy (non-hydrogen) atoms. The molecule has 0 amide bonds. The molecule has 7 heteroatoms. The second kappa shape index (κ2) is 5.32. The molecular formula is C12H17F3N4. The normalized spacial score (nSPS) is 19.5. The van der Waals surface area contributed by atoms with E-state index in [1.165, 1.54) is 0 Å². The van der Waals surface area contributed by atoms with E-state index in [2.05, 4.69) is 9.97 Å². The zero-order valence-electron chi connectivity index (χ0n) is 10.7. The highest BCUT2D eigenvalue weighted by molar-refractivity contribution is 5.31. The standard InChI is InChI=1S/C12H17F3N4/c1-8(16)9-3-6-19(7-4-9)11-17-5-2-10(18-11)12(13,14)15/h2,5,8-9H,3-4,6-7,16H2,1H3. The highest BCUT2D eigenvalue weighted by Crippen LogP contribution is 2.29. The van der Waals surface area contributed by atoms with Crippen molar-refractivity contribution in [3.63, 3.8) is 0 Å². The van der Waals surface area contributed by atoms with Crippen LogP contribution in [0.5, 0.6) is 0 Å². The fraction of sp³-hybridized carbons (Fsp3) is 0.667. The highest BCUT2D eigenvalue weighted by Gasteiger charge is 2.33. The summed E-state index contributed by atoms with van der Waals surface area (Å²) in [4.78, 5) is 9.31. The number of nitrogens with two attached hydrogens (primary N) is 1. The van der Waals surface area contributed by atoms with Gasteiger partial charge in [0.2, 0.25) is 5.95 Å². The van der Waals surface area contributed by atoms with Crippen molar-refractivity contribution >= 4 is 5.95 Å². The predicted octanol–water partition coefficient (Wildman–Crippen LogP) is 2.06. The van der Waals surface area contributed by atoms with Gasteiger partial charge in [0.15, 0.2) is 0 Å². The van der Waals surface area contributed by atoms with Gasteiger partial charge in [-0.1, -0.05) is 0 Å². The second-order valence-corrected chi connectivity index (χ2v) is 4.92. The number of aromatic nitrogens is 2. The third-order valence-electron chi connectivity index (χ3n) is 3.50. The summed E-state index contributed by atoms with van der Waals surface area (Å²) in [6, 6.07) is 1.00. The van der Waals surface area contributed by atoms with Gasteiger partial charge in [-0.25, -0.2) is 9.97 Å². The Labute approximate surface area is 109 Å². The number of hydrogen-bond donors (Lipinski definition) is 1. The van der Waals surface area contributed by atoms with Gasteiger partial charge in [0, 0.05) is 25.3 Å². The van der Waals surface area contributed by atoms with E-state index in [1.54, 1.807) is 4.90 Å². The van der Waals surface area contributed by atoms with Gasteiger partial charge in [0.05, 0.1) is 0 Å². The van der Waals surface area contributed by atoms with Gasteiger partial charge in [-0.05, 0) is 31.7 Å². The van der Waals surface area contributed by atoms with E-state index in [0.29, 0.717) is 19.0 Å². The van der Waals surface area contributed by atoms with E-state index in [9.17, 15) is 13.2 Å². The van der Waals surface area contributed by atoms with Crippen LogP contribution in [0, 0.1) is 5.92 Å². The highest BCUT2D eigenvalue weighted by atomic mass is 19.4. The van der Waals surface area contributed by atoms with E-state index in [4.69, 9.17) is 5.73 Å². The molecule has 1 aliphatic heterocycles. The molecule has 1 saturated heterocycles. The molecule has 1 atom stereocenters. The summed E-state index contributed by atoms with van der Waals surface area (Å²) in [6.45, 7) is 3.25. The largest absolute Gasteiger partial charge is 0.433 e. The third kappa shape index (κ3) is 3.34. The predicted molar refractivity (Wildman–Crippen MR) is 65.6 cm³/mol. The van der Waals surface area contributed by atoms with E-state index in [-0.39, 0.29) is 12.0 Å². The summed E-state index contributed by atoms with van der Waals surface area (Å²) in [5, 5.41) is 0. The van der Waals surface area contributed by atoms with Gasteiger partial charge in [-0.2, -0.15) is 13.2 Å². The zero-order valence-corrected chi connectivity index (χ0v) is 10.7. The van der Waals surface area contributed by atoms with E-state index in [1.807, 2.05) is 6.92 Å². The van der Waals surface area contributed by atoms with Crippen molar-refractivity contribution < 1.29 is 13.2 Å². The van der Waals surface area contributed by atoms with Crippen LogP contribution in [0.25, 0.3) is 0 Å². The molecule has 2 heterocycles. The van der Waals surface area contributed by atoms with Gasteiger partial charge in [-0.15, -0.1) is 0 Å². The number of anilines is 1. The molecule has 106 valence electrons. The molecule has 4 nitrogen and oxygen atoms in total. The maximum Gasteiger partial charge on any atom is 0.433 e. The average molecular weight is 274 g/mol. The van der Waals surface area contributed by atoms with Gasteiger partial charge in [-0.3, -0.25) is 0 Å². The van der Waals surface area contributed by atoms with Crippen molar-refractivity contribution in [3.05, 3.63) is 18.0 Å². The van der Waals surface area contributed by atoms with Crippen LogP contribution >= 0.6 is 0 Å². The van der Waals surface area contributed by atoms with Gasteiger partial charge < -0.3 is 10.6 Å². The van der Waals surface area contributed by atoms with Crippen LogP contribution in [0.4, 0.5) is 19.1 Å². The summed E-state index contributed by atoms with van der Waals surface area (Å²) in [5.41, 5.74) is 4.94.